The number of pyridine rings is 1. The second-order valence-corrected chi connectivity index (χ2v) is 6.89. The third-order valence-corrected chi connectivity index (χ3v) is 4.33. The molecule has 30 heavy (non-hydrogen) atoms. The monoisotopic (exact) mass is 422 g/mol. The number of nitrogens with one attached hydrogen (secondary N) is 2. The molecule has 0 bridgehead atoms. The summed E-state index contributed by atoms with van der Waals surface area (Å²) in [5, 5.41) is 9.64. The zero-order valence-electron chi connectivity index (χ0n) is 15.6. The Morgan fingerprint density at radius 2 is 1.90 bits per heavy atom. The molecular formula is C18H14F4N6O2. The molecule has 0 aliphatic rings. The summed E-state index contributed by atoms with van der Waals surface area (Å²) in [6.45, 7) is 3.53. The molecule has 4 aromatic rings. The summed E-state index contributed by atoms with van der Waals surface area (Å²) in [5.41, 5.74) is -1.95. The molecule has 0 spiro atoms. The molecule has 12 heteroatoms. The van der Waals surface area contributed by atoms with Gasteiger partial charge in [-0.05, 0) is 32.0 Å². The highest BCUT2D eigenvalue weighted by molar-refractivity contribution is 6.03. The number of rotatable bonds is 2. The lowest BCUT2D eigenvalue weighted by Crippen LogP contribution is -2.34. The molecule has 1 aromatic carbocycles. The van der Waals surface area contributed by atoms with Crippen molar-refractivity contribution in [2.45, 2.75) is 26.1 Å². The van der Waals surface area contributed by atoms with Gasteiger partial charge >= 0.3 is 12.2 Å². The van der Waals surface area contributed by atoms with Gasteiger partial charge in [0.15, 0.2) is 5.65 Å². The predicted molar refractivity (Wildman–Crippen MR) is 99.0 cm³/mol. The zero-order chi connectivity index (χ0) is 21.8. The van der Waals surface area contributed by atoms with Crippen LogP contribution >= 0.6 is 0 Å². The quantitative estimate of drug-likeness (QED) is 0.485. The normalized spacial score (nSPS) is 12.2. The van der Waals surface area contributed by atoms with Crippen LogP contribution in [-0.2, 0) is 6.18 Å². The zero-order valence-corrected chi connectivity index (χ0v) is 15.6. The first-order valence-corrected chi connectivity index (χ1v) is 8.72. The van der Waals surface area contributed by atoms with Crippen molar-refractivity contribution >= 4 is 28.0 Å². The van der Waals surface area contributed by atoms with E-state index in [2.05, 4.69) is 20.5 Å². The minimum atomic E-state index is -4.79. The third-order valence-electron chi connectivity index (χ3n) is 4.33. The third kappa shape index (κ3) is 3.19. The van der Waals surface area contributed by atoms with Crippen LogP contribution in [0.4, 0.5) is 22.4 Å². The molecule has 3 aromatic heterocycles. The lowest BCUT2D eigenvalue weighted by atomic mass is 10.2. The van der Waals surface area contributed by atoms with Crippen molar-refractivity contribution in [3.05, 3.63) is 52.3 Å². The predicted octanol–water partition coefficient (Wildman–Crippen LogP) is 3.19. The minimum absolute atomic E-state index is 0.0455. The number of halogens is 4. The van der Waals surface area contributed by atoms with E-state index in [4.69, 9.17) is 0 Å². The Balaban J connectivity index is 1.91. The van der Waals surface area contributed by atoms with Crippen LogP contribution in [0, 0.1) is 5.82 Å². The summed E-state index contributed by atoms with van der Waals surface area (Å²) in [5.74, 6) is -1.15. The molecule has 0 fully saturated rings. The molecule has 8 nitrogen and oxygen atoms in total. The Bertz CT molecular complexity index is 1350. The molecule has 1 amide bonds. The van der Waals surface area contributed by atoms with Gasteiger partial charge in [0, 0.05) is 12.2 Å². The van der Waals surface area contributed by atoms with Crippen molar-refractivity contribution in [2.75, 3.05) is 0 Å². The summed E-state index contributed by atoms with van der Waals surface area (Å²) in [6.07, 6.45) is -2.30. The fourth-order valence-corrected chi connectivity index (χ4v) is 3.05. The van der Waals surface area contributed by atoms with Gasteiger partial charge in [-0.3, -0.25) is 9.89 Å². The van der Waals surface area contributed by atoms with E-state index in [0.29, 0.717) is 17.5 Å². The second-order valence-electron chi connectivity index (χ2n) is 6.89. The largest absolute Gasteiger partial charge is 0.416 e. The maximum absolute atomic E-state index is 13.8. The summed E-state index contributed by atoms with van der Waals surface area (Å²) in [4.78, 5) is 29.1. The molecule has 2 N–H and O–H groups in total. The van der Waals surface area contributed by atoms with Gasteiger partial charge in [0.05, 0.1) is 33.7 Å². The van der Waals surface area contributed by atoms with Crippen LogP contribution in [0.15, 0.2) is 35.4 Å². The van der Waals surface area contributed by atoms with E-state index in [1.165, 1.54) is 12.4 Å². The van der Waals surface area contributed by atoms with Crippen LogP contribution in [0.2, 0.25) is 0 Å². The molecule has 0 saturated heterocycles. The van der Waals surface area contributed by atoms with Crippen molar-refractivity contribution in [1.82, 2.24) is 29.9 Å². The lowest BCUT2D eigenvalue weighted by Gasteiger charge is -2.09. The average Bonchev–Trinajstić information content (AvgIpc) is 3.21. The fraction of sp³-hybridized carbons (Fsp3) is 0.222. The number of alkyl halides is 3. The van der Waals surface area contributed by atoms with Crippen LogP contribution in [0.25, 0.3) is 27.6 Å². The van der Waals surface area contributed by atoms with E-state index < -0.39 is 29.1 Å². The minimum Gasteiger partial charge on any atom is -0.334 e. The number of nitrogens with zero attached hydrogens (tertiary/aromatic N) is 4. The molecule has 0 radical (unpaired) electrons. The maximum Gasteiger partial charge on any atom is 0.416 e. The maximum atomic E-state index is 13.8. The van der Waals surface area contributed by atoms with Crippen LogP contribution in [0.1, 0.15) is 19.4 Å². The van der Waals surface area contributed by atoms with Crippen molar-refractivity contribution < 1.29 is 22.4 Å². The Kier molecular flexibility index (Phi) is 4.36. The molecule has 3 heterocycles. The molecule has 4 rings (SSSR count). The van der Waals surface area contributed by atoms with Gasteiger partial charge in [0.1, 0.15) is 5.82 Å². The highest BCUT2D eigenvalue weighted by atomic mass is 19.4. The number of benzene rings is 1. The molecule has 0 saturated carbocycles. The van der Waals surface area contributed by atoms with Gasteiger partial charge < -0.3 is 5.32 Å². The number of fused-ring (bicyclic) bond motifs is 3. The number of aromatic nitrogens is 5. The highest BCUT2D eigenvalue weighted by Gasteiger charge is 2.32. The molecule has 156 valence electrons. The van der Waals surface area contributed by atoms with Crippen molar-refractivity contribution in [1.29, 1.82) is 0 Å². The number of hydrogen-bond acceptors (Lipinski definition) is 4. The summed E-state index contributed by atoms with van der Waals surface area (Å²) in [6, 6.07) is 1.11. The Morgan fingerprint density at radius 3 is 2.57 bits per heavy atom. The van der Waals surface area contributed by atoms with Gasteiger partial charge in [0.2, 0.25) is 0 Å². The number of H-pyrrole nitrogens is 1. The standard InChI is InChI=1S/C18H14F4N6O2/c1-8(2)25-17(30)28-15-12(7-24-28)14-13(6-23-15)16(29)27(26-14)11-4-9(18(20,21)22)3-10(19)5-11/h3-8,26H,1-2H3,(H,25,30). The van der Waals surface area contributed by atoms with E-state index in [0.717, 1.165) is 15.4 Å². The fourth-order valence-electron chi connectivity index (χ4n) is 3.05. The Morgan fingerprint density at radius 1 is 1.17 bits per heavy atom. The van der Waals surface area contributed by atoms with E-state index in [-0.39, 0.29) is 28.3 Å². The van der Waals surface area contributed by atoms with Crippen LogP contribution in [0.3, 0.4) is 0 Å². The molecule has 0 unspecified atom stereocenters. The van der Waals surface area contributed by atoms with Gasteiger partial charge in [-0.1, -0.05) is 0 Å². The van der Waals surface area contributed by atoms with Gasteiger partial charge in [-0.25, -0.2) is 18.9 Å². The Hall–Kier alpha value is -3.70. The first-order chi connectivity index (χ1) is 14.1. The number of amides is 1. The molecule has 0 atom stereocenters. The number of carbonyl (C=O) groups excluding carboxylic acids is 1. The van der Waals surface area contributed by atoms with Crippen molar-refractivity contribution in [3.63, 3.8) is 0 Å². The van der Waals surface area contributed by atoms with E-state index >= 15 is 0 Å². The van der Waals surface area contributed by atoms with E-state index in [9.17, 15) is 27.2 Å². The van der Waals surface area contributed by atoms with E-state index in [1.807, 2.05) is 0 Å². The molecular weight excluding hydrogens is 408 g/mol. The topological polar surface area (TPSA) is 97.6 Å². The SMILES string of the molecule is CC(C)NC(=O)n1ncc2c3[nH]n(-c4cc(F)cc(C(F)(F)F)c4)c(=O)c3cnc21. The van der Waals surface area contributed by atoms with Crippen molar-refractivity contribution in [2.24, 2.45) is 0 Å². The first kappa shape index (κ1) is 19.6. The second kappa shape index (κ2) is 6.68. The summed E-state index contributed by atoms with van der Waals surface area (Å²) < 4.78 is 54.6. The smallest absolute Gasteiger partial charge is 0.334 e. The lowest BCUT2D eigenvalue weighted by molar-refractivity contribution is -0.137. The van der Waals surface area contributed by atoms with E-state index in [1.54, 1.807) is 13.8 Å². The average molecular weight is 422 g/mol. The van der Waals surface area contributed by atoms with Gasteiger partial charge in [-0.2, -0.15) is 23.0 Å². The van der Waals surface area contributed by atoms with Gasteiger partial charge in [0.25, 0.3) is 5.56 Å². The molecule has 0 aliphatic carbocycles. The Labute approximate surface area is 165 Å². The number of aromatic amines is 1. The van der Waals surface area contributed by atoms with Crippen LogP contribution in [-0.4, -0.2) is 36.6 Å². The summed E-state index contributed by atoms with van der Waals surface area (Å²) in [7, 11) is 0. The van der Waals surface area contributed by atoms with Crippen LogP contribution < -0.4 is 10.9 Å². The van der Waals surface area contributed by atoms with Gasteiger partial charge in [-0.15, -0.1) is 0 Å². The van der Waals surface area contributed by atoms with Crippen molar-refractivity contribution in [3.8, 4) is 5.69 Å². The highest BCUT2D eigenvalue weighted by Crippen LogP contribution is 2.31. The number of carbonyl (C=O) groups is 1. The number of hydrogen-bond donors (Lipinski definition) is 2. The molecule has 0 aliphatic heterocycles. The summed E-state index contributed by atoms with van der Waals surface area (Å²) >= 11 is 0. The first-order valence-electron chi connectivity index (χ1n) is 8.72. The van der Waals surface area contributed by atoms with Crippen LogP contribution in [0.5, 0.6) is 0 Å².